The first-order valence-electron chi connectivity index (χ1n) is 5.70. The summed E-state index contributed by atoms with van der Waals surface area (Å²) in [6.07, 6.45) is 1.81. The van der Waals surface area contributed by atoms with Crippen LogP contribution in [-0.2, 0) is 6.42 Å². The van der Waals surface area contributed by atoms with Crippen LogP contribution in [0.2, 0.25) is 0 Å². The number of carbonyl (C=O) groups is 1. The van der Waals surface area contributed by atoms with Crippen LogP contribution in [0.4, 0.5) is 11.5 Å². The number of nitrogens with zero attached hydrogens (tertiary/aromatic N) is 2. The van der Waals surface area contributed by atoms with Crippen LogP contribution in [0.15, 0.2) is 29.1 Å². The van der Waals surface area contributed by atoms with E-state index in [0.29, 0.717) is 13.0 Å². The SMILES string of the molecule is O=C(O)c1cnc(NCCc2ccsc2)c([N+](=O)[O-])c1. The summed E-state index contributed by atoms with van der Waals surface area (Å²) >= 11 is 1.58. The number of carboxylic acids is 1. The van der Waals surface area contributed by atoms with Crippen molar-refractivity contribution in [2.45, 2.75) is 6.42 Å². The van der Waals surface area contributed by atoms with E-state index in [-0.39, 0.29) is 17.1 Å². The zero-order valence-corrected chi connectivity index (χ0v) is 11.1. The molecule has 0 aliphatic carbocycles. The molecule has 20 heavy (non-hydrogen) atoms. The zero-order chi connectivity index (χ0) is 14.5. The highest BCUT2D eigenvalue weighted by molar-refractivity contribution is 7.07. The van der Waals surface area contributed by atoms with Gasteiger partial charge >= 0.3 is 11.7 Å². The molecule has 0 saturated carbocycles. The van der Waals surface area contributed by atoms with Gasteiger partial charge in [-0.2, -0.15) is 11.3 Å². The largest absolute Gasteiger partial charge is 0.478 e. The van der Waals surface area contributed by atoms with E-state index >= 15 is 0 Å². The van der Waals surface area contributed by atoms with Crippen molar-refractivity contribution in [3.63, 3.8) is 0 Å². The van der Waals surface area contributed by atoms with Gasteiger partial charge in [0.1, 0.15) is 0 Å². The number of nitrogens with one attached hydrogen (secondary N) is 1. The number of aromatic carboxylic acids is 1. The van der Waals surface area contributed by atoms with Gasteiger partial charge in [0.05, 0.1) is 10.5 Å². The third-order valence-corrected chi connectivity index (χ3v) is 3.33. The second-order valence-electron chi connectivity index (χ2n) is 3.96. The number of carboxylic acid groups (broad SMARTS) is 1. The maximum absolute atomic E-state index is 10.9. The van der Waals surface area contributed by atoms with Gasteiger partial charge in [0, 0.05) is 18.8 Å². The van der Waals surface area contributed by atoms with Crippen molar-refractivity contribution in [3.05, 3.63) is 50.3 Å². The summed E-state index contributed by atoms with van der Waals surface area (Å²) in [4.78, 5) is 24.9. The monoisotopic (exact) mass is 293 g/mol. The molecule has 2 heterocycles. The molecule has 0 radical (unpaired) electrons. The van der Waals surface area contributed by atoms with Gasteiger partial charge in [-0.3, -0.25) is 10.1 Å². The van der Waals surface area contributed by atoms with Crippen LogP contribution in [0.5, 0.6) is 0 Å². The summed E-state index contributed by atoms with van der Waals surface area (Å²) in [7, 11) is 0. The Morgan fingerprint density at radius 1 is 1.55 bits per heavy atom. The first-order valence-corrected chi connectivity index (χ1v) is 6.65. The van der Waals surface area contributed by atoms with E-state index in [0.717, 1.165) is 17.8 Å². The number of aromatic nitrogens is 1. The van der Waals surface area contributed by atoms with Gasteiger partial charge in [-0.05, 0) is 28.8 Å². The standard InChI is InChI=1S/C12H11N3O4S/c16-12(17)9-5-10(15(18)19)11(14-6-9)13-3-1-8-2-4-20-7-8/h2,4-7H,1,3H2,(H,13,14)(H,16,17). The van der Waals surface area contributed by atoms with Crippen molar-refractivity contribution in [1.29, 1.82) is 0 Å². The summed E-state index contributed by atoms with van der Waals surface area (Å²) in [6, 6.07) is 2.98. The highest BCUT2D eigenvalue weighted by atomic mass is 32.1. The summed E-state index contributed by atoms with van der Waals surface area (Å²) < 4.78 is 0. The Hall–Kier alpha value is -2.48. The van der Waals surface area contributed by atoms with Gasteiger partial charge in [0.25, 0.3) is 0 Å². The van der Waals surface area contributed by atoms with Crippen LogP contribution in [-0.4, -0.2) is 27.5 Å². The Morgan fingerprint density at radius 2 is 2.35 bits per heavy atom. The van der Waals surface area contributed by atoms with E-state index in [1.54, 1.807) is 11.3 Å². The Bertz CT molecular complexity index is 628. The van der Waals surface area contributed by atoms with Crippen molar-refractivity contribution in [3.8, 4) is 0 Å². The first kappa shape index (κ1) is 13.9. The van der Waals surface area contributed by atoms with Crippen LogP contribution in [0.25, 0.3) is 0 Å². The number of pyridine rings is 1. The van der Waals surface area contributed by atoms with Gasteiger partial charge in [-0.25, -0.2) is 9.78 Å². The highest BCUT2D eigenvalue weighted by Gasteiger charge is 2.18. The minimum Gasteiger partial charge on any atom is -0.478 e. The van der Waals surface area contributed by atoms with E-state index in [1.165, 1.54) is 0 Å². The van der Waals surface area contributed by atoms with Crippen molar-refractivity contribution in [1.82, 2.24) is 4.98 Å². The molecule has 104 valence electrons. The average Bonchev–Trinajstić information content (AvgIpc) is 2.91. The summed E-state index contributed by atoms with van der Waals surface area (Å²) in [5.41, 5.74) is 0.586. The maximum atomic E-state index is 10.9. The molecule has 0 aliphatic heterocycles. The number of rotatable bonds is 6. The fourth-order valence-electron chi connectivity index (χ4n) is 1.61. The van der Waals surface area contributed by atoms with E-state index in [9.17, 15) is 14.9 Å². The lowest BCUT2D eigenvalue weighted by molar-refractivity contribution is -0.384. The molecule has 8 heteroatoms. The van der Waals surface area contributed by atoms with E-state index in [4.69, 9.17) is 5.11 Å². The number of hydrogen-bond acceptors (Lipinski definition) is 6. The van der Waals surface area contributed by atoms with Crippen LogP contribution in [0.3, 0.4) is 0 Å². The molecule has 2 aromatic rings. The van der Waals surface area contributed by atoms with Crippen LogP contribution in [0.1, 0.15) is 15.9 Å². The van der Waals surface area contributed by atoms with Gasteiger partial charge in [0.2, 0.25) is 5.82 Å². The minimum atomic E-state index is -1.24. The van der Waals surface area contributed by atoms with Crippen molar-refractivity contribution < 1.29 is 14.8 Å². The van der Waals surface area contributed by atoms with Crippen LogP contribution < -0.4 is 5.32 Å². The highest BCUT2D eigenvalue weighted by Crippen LogP contribution is 2.22. The molecule has 0 unspecified atom stereocenters. The average molecular weight is 293 g/mol. The van der Waals surface area contributed by atoms with Crippen molar-refractivity contribution in [2.24, 2.45) is 0 Å². The second kappa shape index (κ2) is 6.11. The smallest absolute Gasteiger partial charge is 0.337 e. The first-order chi connectivity index (χ1) is 9.58. The summed E-state index contributed by atoms with van der Waals surface area (Å²) in [6.45, 7) is 0.483. The molecule has 0 saturated heterocycles. The van der Waals surface area contributed by atoms with E-state index < -0.39 is 10.9 Å². The lowest BCUT2D eigenvalue weighted by Crippen LogP contribution is -2.09. The van der Waals surface area contributed by atoms with E-state index in [2.05, 4.69) is 10.3 Å². The maximum Gasteiger partial charge on any atom is 0.337 e. The van der Waals surface area contributed by atoms with Crippen LogP contribution >= 0.6 is 11.3 Å². The molecule has 2 aromatic heterocycles. The second-order valence-corrected chi connectivity index (χ2v) is 4.74. The molecular weight excluding hydrogens is 282 g/mol. The fraction of sp³-hybridized carbons (Fsp3) is 0.167. The molecule has 0 bridgehead atoms. The normalized spacial score (nSPS) is 10.2. The van der Waals surface area contributed by atoms with Crippen LogP contribution in [0, 0.1) is 10.1 Å². The quantitative estimate of drug-likeness (QED) is 0.626. The number of nitro groups is 1. The molecule has 0 fully saturated rings. The topological polar surface area (TPSA) is 105 Å². The minimum absolute atomic E-state index is 0.0789. The summed E-state index contributed by atoms with van der Waals surface area (Å²) in [5, 5.41) is 26.5. The predicted octanol–water partition coefficient (Wildman–Crippen LogP) is 2.40. The molecule has 0 atom stereocenters. The predicted molar refractivity (Wildman–Crippen MR) is 74.4 cm³/mol. The molecule has 0 aromatic carbocycles. The lowest BCUT2D eigenvalue weighted by atomic mass is 10.2. The molecule has 0 amide bonds. The van der Waals surface area contributed by atoms with Gasteiger partial charge < -0.3 is 10.4 Å². The zero-order valence-electron chi connectivity index (χ0n) is 10.3. The van der Waals surface area contributed by atoms with E-state index in [1.807, 2.05) is 16.8 Å². The van der Waals surface area contributed by atoms with Crippen molar-refractivity contribution >= 4 is 28.8 Å². The summed E-state index contributed by atoms with van der Waals surface area (Å²) in [5.74, 6) is -1.17. The Morgan fingerprint density at radius 3 is 2.95 bits per heavy atom. The van der Waals surface area contributed by atoms with Gasteiger partial charge in [-0.15, -0.1) is 0 Å². The fourth-order valence-corrected chi connectivity index (χ4v) is 2.31. The van der Waals surface area contributed by atoms with Crippen molar-refractivity contribution in [2.75, 3.05) is 11.9 Å². The molecule has 0 aliphatic rings. The Labute approximate surface area is 118 Å². The van der Waals surface area contributed by atoms with Gasteiger partial charge in [-0.1, -0.05) is 0 Å². The Kier molecular flexibility index (Phi) is 4.26. The number of hydrogen-bond donors (Lipinski definition) is 2. The third kappa shape index (κ3) is 3.29. The molecule has 7 nitrogen and oxygen atoms in total. The molecule has 2 N–H and O–H groups in total. The molecule has 0 spiro atoms. The number of thiophene rings is 1. The van der Waals surface area contributed by atoms with Gasteiger partial charge in [0.15, 0.2) is 0 Å². The molecule has 2 rings (SSSR count). The lowest BCUT2D eigenvalue weighted by Gasteiger charge is -2.06. The molecular formula is C12H11N3O4S. The third-order valence-electron chi connectivity index (χ3n) is 2.60. The number of anilines is 1. The Balaban J connectivity index is 2.10.